The molecular formula is C10H9ClF3NO4. The molecule has 1 heterocycles. The van der Waals surface area contributed by atoms with E-state index in [0.717, 1.165) is 6.20 Å². The Morgan fingerprint density at radius 3 is 2.58 bits per heavy atom. The number of carbonyl (C=O) groups is 1. The summed E-state index contributed by atoms with van der Waals surface area (Å²) in [5, 5.41) is 0. The Bertz CT molecular complexity index is 526. The summed E-state index contributed by atoms with van der Waals surface area (Å²) in [4.78, 5) is 25.3. The highest BCUT2D eigenvalue weighted by Crippen LogP contribution is 2.23. The predicted octanol–water partition coefficient (Wildman–Crippen LogP) is 2.19. The number of H-pyrrole nitrogens is 1. The Balaban J connectivity index is 3.35. The van der Waals surface area contributed by atoms with E-state index >= 15 is 0 Å². The number of halogens is 4. The highest BCUT2D eigenvalue weighted by atomic mass is 35.5. The molecule has 1 aromatic heterocycles. The molecule has 9 heteroatoms. The molecule has 0 aromatic carbocycles. The monoisotopic (exact) mass is 299 g/mol. The van der Waals surface area contributed by atoms with Crippen molar-refractivity contribution >= 4 is 17.6 Å². The first-order valence-corrected chi connectivity index (χ1v) is 5.57. The largest absolute Gasteiger partial charge is 0.573 e. The van der Waals surface area contributed by atoms with Crippen LogP contribution in [0.3, 0.4) is 0 Å². The van der Waals surface area contributed by atoms with Gasteiger partial charge in [-0.05, 0) is 6.92 Å². The van der Waals surface area contributed by atoms with Gasteiger partial charge in [-0.15, -0.1) is 24.8 Å². The molecule has 1 aromatic rings. The molecule has 0 amide bonds. The van der Waals surface area contributed by atoms with Crippen LogP contribution in [0.1, 0.15) is 23.0 Å². The Hall–Kier alpha value is -1.70. The van der Waals surface area contributed by atoms with Gasteiger partial charge in [-0.3, -0.25) is 4.79 Å². The van der Waals surface area contributed by atoms with Gasteiger partial charge in [-0.1, -0.05) is 0 Å². The van der Waals surface area contributed by atoms with Crippen LogP contribution in [0.25, 0.3) is 0 Å². The van der Waals surface area contributed by atoms with Gasteiger partial charge in [0.15, 0.2) is 5.69 Å². The van der Waals surface area contributed by atoms with Crippen molar-refractivity contribution in [3.05, 3.63) is 27.7 Å². The van der Waals surface area contributed by atoms with Crippen molar-refractivity contribution in [3.63, 3.8) is 0 Å². The van der Waals surface area contributed by atoms with E-state index in [0.29, 0.717) is 0 Å². The second kappa shape index (κ2) is 5.96. The fourth-order valence-electron chi connectivity index (χ4n) is 1.22. The van der Waals surface area contributed by atoms with Gasteiger partial charge in [0.2, 0.25) is 11.2 Å². The smallest absolute Gasteiger partial charge is 0.461 e. The number of alkyl halides is 4. The first-order chi connectivity index (χ1) is 8.80. The van der Waals surface area contributed by atoms with Crippen LogP contribution in [0.5, 0.6) is 5.75 Å². The van der Waals surface area contributed by atoms with Crippen molar-refractivity contribution < 1.29 is 27.4 Å². The van der Waals surface area contributed by atoms with Crippen LogP contribution in [0, 0.1) is 0 Å². The molecule has 0 fully saturated rings. The van der Waals surface area contributed by atoms with Crippen molar-refractivity contribution in [2.45, 2.75) is 19.2 Å². The van der Waals surface area contributed by atoms with Crippen LogP contribution < -0.4 is 10.2 Å². The first kappa shape index (κ1) is 15.4. The predicted molar refractivity (Wildman–Crippen MR) is 59.3 cm³/mol. The number of pyridine rings is 1. The van der Waals surface area contributed by atoms with Crippen LogP contribution in [-0.2, 0) is 10.6 Å². The summed E-state index contributed by atoms with van der Waals surface area (Å²) in [5.74, 6) is -2.63. The van der Waals surface area contributed by atoms with Gasteiger partial charge >= 0.3 is 12.3 Å². The molecule has 1 rings (SSSR count). The maximum Gasteiger partial charge on any atom is 0.573 e. The number of carbonyl (C=O) groups excluding carboxylic acids is 1. The van der Waals surface area contributed by atoms with E-state index in [-0.39, 0.29) is 18.1 Å². The molecule has 1 N–H and O–H groups in total. The molecule has 0 spiro atoms. The number of hydrogen-bond acceptors (Lipinski definition) is 4. The van der Waals surface area contributed by atoms with E-state index in [1.54, 1.807) is 0 Å². The normalized spacial score (nSPS) is 11.2. The number of aromatic nitrogens is 1. The SMILES string of the molecule is CCOC(=O)c1[nH]cc(CCl)c(=O)c1OC(F)(F)F. The maximum atomic E-state index is 12.2. The molecule has 0 aliphatic rings. The summed E-state index contributed by atoms with van der Waals surface area (Å²) in [6.45, 7) is 1.40. The molecule has 0 aliphatic carbocycles. The van der Waals surface area contributed by atoms with E-state index in [1.165, 1.54) is 6.92 Å². The maximum absolute atomic E-state index is 12.2. The average Bonchev–Trinajstić information content (AvgIpc) is 2.30. The van der Waals surface area contributed by atoms with Crippen LogP contribution in [-0.4, -0.2) is 23.9 Å². The van der Waals surface area contributed by atoms with E-state index in [4.69, 9.17) is 11.6 Å². The Labute approximate surface area is 110 Å². The summed E-state index contributed by atoms with van der Waals surface area (Å²) in [5.41, 5.74) is -1.99. The van der Waals surface area contributed by atoms with E-state index in [1.807, 2.05) is 0 Å². The lowest BCUT2D eigenvalue weighted by Gasteiger charge is -2.12. The van der Waals surface area contributed by atoms with Crippen LogP contribution in [0.4, 0.5) is 13.2 Å². The van der Waals surface area contributed by atoms with Crippen molar-refractivity contribution in [2.75, 3.05) is 6.61 Å². The molecule has 0 aliphatic heterocycles. The minimum absolute atomic E-state index is 0.0659. The number of nitrogens with one attached hydrogen (secondary N) is 1. The highest BCUT2D eigenvalue weighted by molar-refractivity contribution is 6.17. The van der Waals surface area contributed by atoms with Crippen LogP contribution >= 0.6 is 11.6 Å². The Morgan fingerprint density at radius 1 is 1.47 bits per heavy atom. The van der Waals surface area contributed by atoms with Crippen LogP contribution in [0.2, 0.25) is 0 Å². The molecule has 0 radical (unpaired) electrons. The average molecular weight is 300 g/mol. The number of aromatic amines is 1. The third kappa shape index (κ3) is 3.88. The van der Waals surface area contributed by atoms with Gasteiger partial charge in [-0.25, -0.2) is 4.79 Å². The second-order valence-corrected chi connectivity index (χ2v) is 3.52. The number of rotatable bonds is 4. The lowest BCUT2D eigenvalue weighted by Crippen LogP contribution is -2.26. The zero-order valence-corrected chi connectivity index (χ0v) is 10.4. The standard InChI is InChI=1S/C10H9ClF3NO4/c1-2-18-9(17)6-8(19-10(12,13)14)7(16)5(3-11)4-15-6/h4H,2-3H2,1H3,(H,15,16). The molecule has 0 atom stereocenters. The summed E-state index contributed by atoms with van der Waals surface area (Å²) in [6, 6.07) is 0. The topological polar surface area (TPSA) is 68.4 Å². The summed E-state index contributed by atoms with van der Waals surface area (Å²) >= 11 is 5.40. The minimum Gasteiger partial charge on any atom is -0.461 e. The first-order valence-electron chi connectivity index (χ1n) is 5.03. The van der Waals surface area contributed by atoms with Gasteiger partial charge in [0.1, 0.15) is 0 Å². The van der Waals surface area contributed by atoms with Crippen molar-refractivity contribution in [3.8, 4) is 5.75 Å². The van der Waals surface area contributed by atoms with Gasteiger partial charge in [-0.2, -0.15) is 0 Å². The molecule has 0 saturated heterocycles. The Kier molecular flexibility index (Phi) is 4.82. The fourth-order valence-corrected chi connectivity index (χ4v) is 1.42. The molecule has 106 valence electrons. The number of ether oxygens (including phenoxy) is 2. The number of hydrogen-bond donors (Lipinski definition) is 1. The van der Waals surface area contributed by atoms with Gasteiger partial charge < -0.3 is 14.5 Å². The third-order valence-corrected chi connectivity index (χ3v) is 2.24. The molecule has 0 bridgehead atoms. The highest BCUT2D eigenvalue weighted by Gasteiger charge is 2.35. The second-order valence-electron chi connectivity index (χ2n) is 3.25. The molecule has 19 heavy (non-hydrogen) atoms. The lowest BCUT2D eigenvalue weighted by molar-refractivity contribution is -0.275. The van der Waals surface area contributed by atoms with E-state index in [2.05, 4.69) is 14.5 Å². The van der Waals surface area contributed by atoms with E-state index in [9.17, 15) is 22.8 Å². The van der Waals surface area contributed by atoms with Gasteiger partial charge in [0.05, 0.1) is 12.5 Å². The van der Waals surface area contributed by atoms with Gasteiger partial charge in [0.25, 0.3) is 0 Å². The molecule has 0 saturated carbocycles. The minimum atomic E-state index is -5.11. The number of esters is 1. The fraction of sp³-hybridized carbons (Fsp3) is 0.400. The third-order valence-electron chi connectivity index (χ3n) is 1.96. The molecule has 5 nitrogen and oxygen atoms in total. The van der Waals surface area contributed by atoms with Gasteiger partial charge in [0, 0.05) is 11.8 Å². The molecule has 0 unspecified atom stereocenters. The van der Waals surface area contributed by atoms with E-state index < -0.39 is 29.2 Å². The van der Waals surface area contributed by atoms with Crippen LogP contribution in [0.15, 0.2) is 11.0 Å². The van der Waals surface area contributed by atoms with Crippen molar-refractivity contribution in [1.82, 2.24) is 4.98 Å². The zero-order chi connectivity index (χ0) is 14.6. The summed E-state index contributed by atoms with van der Waals surface area (Å²) in [7, 11) is 0. The quantitative estimate of drug-likeness (QED) is 0.683. The van der Waals surface area contributed by atoms with Crippen molar-refractivity contribution in [1.29, 1.82) is 0 Å². The zero-order valence-electron chi connectivity index (χ0n) is 9.64. The summed E-state index contributed by atoms with van der Waals surface area (Å²) in [6.07, 6.45) is -4.08. The lowest BCUT2D eigenvalue weighted by atomic mass is 10.2. The Morgan fingerprint density at radius 2 is 2.11 bits per heavy atom. The van der Waals surface area contributed by atoms with Crippen molar-refractivity contribution in [2.24, 2.45) is 0 Å². The molecular weight excluding hydrogens is 291 g/mol. The summed E-state index contributed by atoms with van der Waals surface area (Å²) < 4.78 is 44.8.